The van der Waals surface area contributed by atoms with Crippen molar-refractivity contribution in [3.8, 4) is 5.75 Å². The van der Waals surface area contributed by atoms with Crippen molar-refractivity contribution in [3.05, 3.63) is 58.6 Å². The predicted octanol–water partition coefficient (Wildman–Crippen LogP) is 4.29. The molecular weight excluding hydrogens is 344 g/mol. The fourth-order valence-electron chi connectivity index (χ4n) is 1.94. The minimum Gasteiger partial charge on any atom is -0.496 e. The first kappa shape index (κ1) is 18.4. The van der Waals surface area contributed by atoms with Crippen LogP contribution in [0, 0.1) is 6.92 Å². The molecule has 6 heteroatoms. The van der Waals surface area contributed by atoms with Crippen LogP contribution in [-0.4, -0.2) is 25.0 Å². The number of hydrogen-bond acceptors (Lipinski definition) is 4. The van der Waals surface area contributed by atoms with Crippen molar-refractivity contribution in [1.29, 1.82) is 0 Å². The lowest BCUT2D eigenvalue weighted by Crippen LogP contribution is -2.17. The molecule has 0 aromatic heterocycles. The van der Waals surface area contributed by atoms with E-state index >= 15 is 0 Å². The van der Waals surface area contributed by atoms with Gasteiger partial charge in [-0.15, -0.1) is 11.8 Å². The summed E-state index contributed by atoms with van der Waals surface area (Å²) in [5.74, 6) is 1.36. The Morgan fingerprint density at radius 3 is 2.75 bits per heavy atom. The third-order valence-electron chi connectivity index (χ3n) is 3.25. The van der Waals surface area contributed by atoms with Gasteiger partial charge in [0.05, 0.1) is 13.3 Å². The molecule has 0 unspecified atom stereocenters. The molecule has 0 aliphatic carbocycles. The fourth-order valence-corrected chi connectivity index (χ4v) is 2.92. The van der Waals surface area contributed by atoms with Crippen LogP contribution in [0.15, 0.2) is 52.5 Å². The summed E-state index contributed by atoms with van der Waals surface area (Å²) in [6.45, 7) is 1.97. The van der Waals surface area contributed by atoms with E-state index in [0.29, 0.717) is 17.2 Å². The molecule has 4 nitrogen and oxygen atoms in total. The van der Waals surface area contributed by atoms with Crippen molar-refractivity contribution in [2.75, 3.05) is 12.9 Å². The zero-order chi connectivity index (χ0) is 17.4. The lowest BCUT2D eigenvalue weighted by atomic mass is 10.1. The molecule has 0 aliphatic rings. The van der Waals surface area contributed by atoms with E-state index in [4.69, 9.17) is 16.3 Å². The molecule has 1 N–H and O–H groups in total. The first-order chi connectivity index (χ1) is 11.6. The fraction of sp³-hybridized carbons (Fsp3) is 0.222. The van der Waals surface area contributed by atoms with Crippen molar-refractivity contribution in [3.63, 3.8) is 0 Å². The van der Waals surface area contributed by atoms with Crippen molar-refractivity contribution in [1.82, 2.24) is 5.43 Å². The average Bonchev–Trinajstić information content (AvgIpc) is 2.58. The van der Waals surface area contributed by atoms with Crippen LogP contribution in [0.2, 0.25) is 5.02 Å². The van der Waals surface area contributed by atoms with Crippen LogP contribution >= 0.6 is 23.4 Å². The average molecular weight is 363 g/mol. The van der Waals surface area contributed by atoms with Gasteiger partial charge < -0.3 is 4.74 Å². The Morgan fingerprint density at radius 1 is 1.29 bits per heavy atom. The van der Waals surface area contributed by atoms with Gasteiger partial charge in [-0.3, -0.25) is 4.79 Å². The number of benzene rings is 2. The first-order valence-electron chi connectivity index (χ1n) is 7.43. The van der Waals surface area contributed by atoms with Crippen LogP contribution in [0.5, 0.6) is 5.75 Å². The third-order valence-corrected chi connectivity index (χ3v) is 4.51. The van der Waals surface area contributed by atoms with Crippen molar-refractivity contribution >= 4 is 35.5 Å². The highest BCUT2D eigenvalue weighted by molar-refractivity contribution is 7.99. The highest BCUT2D eigenvalue weighted by atomic mass is 35.5. The summed E-state index contributed by atoms with van der Waals surface area (Å²) in [6, 6.07) is 13.3. The first-order valence-corrected chi connectivity index (χ1v) is 8.80. The second kappa shape index (κ2) is 9.35. The van der Waals surface area contributed by atoms with Crippen molar-refractivity contribution < 1.29 is 9.53 Å². The molecule has 0 radical (unpaired) electrons. The van der Waals surface area contributed by atoms with Crippen LogP contribution in [0.4, 0.5) is 0 Å². The van der Waals surface area contributed by atoms with Gasteiger partial charge in [-0.05, 0) is 48.4 Å². The molecule has 0 atom stereocenters. The van der Waals surface area contributed by atoms with E-state index in [0.717, 1.165) is 21.8 Å². The largest absolute Gasteiger partial charge is 0.496 e. The smallest absolute Gasteiger partial charge is 0.240 e. The molecule has 0 bridgehead atoms. The van der Waals surface area contributed by atoms with E-state index in [1.807, 2.05) is 49.4 Å². The maximum atomic E-state index is 11.8. The number of carbonyl (C=O) groups excluding carboxylic acids is 1. The maximum Gasteiger partial charge on any atom is 0.240 e. The van der Waals surface area contributed by atoms with Gasteiger partial charge in [0.15, 0.2) is 0 Å². The summed E-state index contributed by atoms with van der Waals surface area (Å²) >= 11 is 7.44. The molecule has 0 saturated heterocycles. The van der Waals surface area contributed by atoms with Gasteiger partial charge in [-0.2, -0.15) is 5.10 Å². The summed E-state index contributed by atoms with van der Waals surface area (Å²) < 4.78 is 5.26. The Bertz CT molecular complexity index is 717. The minimum atomic E-state index is -0.119. The summed E-state index contributed by atoms with van der Waals surface area (Å²) in [6.07, 6.45) is 1.99. The number of nitrogens with one attached hydrogen (secondary N) is 1. The van der Waals surface area contributed by atoms with Crippen molar-refractivity contribution in [2.24, 2.45) is 5.10 Å². The van der Waals surface area contributed by atoms with E-state index < -0.39 is 0 Å². The molecule has 2 aromatic rings. The molecular formula is C18H19ClN2O2S. The highest BCUT2D eigenvalue weighted by Crippen LogP contribution is 2.21. The van der Waals surface area contributed by atoms with E-state index in [-0.39, 0.29) is 5.91 Å². The summed E-state index contributed by atoms with van der Waals surface area (Å²) in [5.41, 5.74) is 4.46. The van der Waals surface area contributed by atoms with Gasteiger partial charge in [0.25, 0.3) is 0 Å². The summed E-state index contributed by atoms with van der Waals surface area (Å²) in [5, 5.41) is 4.68. The minimum absolute atomic E-state index is 0.119. The number of ether oxygens (including phenoxy) is 1. The van der Waals surface area contributed by atoms with Crippen LogP contribution in [0.3, 0.4) is 0 Å². The molecule has 1 amide bonds. The number of carbonyl (C=O) groups is 1. The zero-order valence-corrected chi connectivity index (χ0v) is 15.2. The molecule has 2 rings (SSSR count). The highest BCUT2D eigenvalue weighted by Gasteiger charge is 2.02. The number of hydrazone groups is 1. The Hall–Kier alpha value is -1.98. The molecule has 0 saturated carbocycles. The van der Waals surface area contributed by atoms with E-state index in [9.17, 15) is 4.79 Å². The van der Waals surface area contributed by atoms with Crippen LogP contribution in [-0.2, 0) is 4.79 Å². The van der Waals surface area contributed by atoms with Gasteiger partial charge in [0.1, 0.15) is 5.75 Å². The zero-order valence-electron chi connectivity index (χ0n) is 13.6. The van der Waals surface area contributed by atoms with Gasteiger partial charge in [0.2, 0.25) is 5.91 Å². The third kappa shape index (κ3) is 5.91. The van der Waals surface area contributed by atoms with Crippen LogP contribution in [0.25, 0.3) is 0 Å². The Morgan fingerprint density at radius 2 is 2.04 bits per heavy atom. The predicted molar refractivity (Wildman–Crippen MR) is 100 cm³/mol. The van der Waals surface area contributed by atoms with Gasteiger partial charge in [-0.25, -0.2) is 5.43 Å². The van der Waals surface area contributed by atoms with E-state index in [2.05, 4.69) is 10.5 Å². The molecule has 0 heterocycles. The van der Waals surface area contributed by atoms with E-state index in [1.54, 1.807) is 25.1 Å². The number of methoxy groups -OCH3 is 1. The summed E-state index contributed by atoms with van der Waals surface area (Å²) in [7, 11) is 1.63. The van der Waals surface area contributed by atoms with E-state index in [1.165, 1.54) is 0 Å². The van der Waals surface area contributed by atoms with Gasteiger partial charge in [-0.1, -0.05) is 23.7 Å². The Kier molecular flexibility index (Phi) is 7.15. The standard InChI is InChI=1S/C18H19ClN2O2S/c1-13-3-4-14(11-17(13)23-2)12-20-21-18(22)9-10-24-16-7-5-15(19)6-8-16/h3-8,11-12H,9-10H2,1-2H3,(H,21,22)/b20-12+. The number of amides is 1. The lowest BCUT2D eigenvalue weighted by Gasteiger charge is -2.05. The number of nitrogens with zero attached hydrogens (tertiary/aromatic N) is 1. The maximum absolute atomic E-state index is 11.8. The second-order valence-electron chi connectivity index (χ2n) is 5.07. The number of aryl methyl sites for hydroxylation is 1. The molecule has 0 fully saturated rings. The van der Waals surface area contributed by atoms with Gasteiger partial charge in [0, 0.05) is 22.1 Å². The second-order valence-corrected chi connectivity index (χ2v) is 6.68. The van der Waals surface area contributed by atoms with Crippen LogP contribution < -0.4 is 10.2 Å². The molecule has 0 spiro atoms. The Balaban J connectivity index is 1.75. The number of thioether (sulfide) groups is 1. The summed E-state index contributed by atoms with van der Waals surface area (Å²) in [4.78, 5) is 12.9. The normalized spacial score (nSPS) is 10.8. The SMILES string of the molecule is COc1cc(/C=N/NC(=O)CCSc2ccc(Cl)cc2)ccc1C. The Labute approximate surface area is 151 Å². The quantitative estimate of drug-likeness (QED) is 0.454. The molecule has 0 aliphatic heterocycles. The lowest BCUT2D eigenvalue weighted by molar-refractivity contribution is -0.120. The number of hydrogen-bond donors (Lipinski definition) is 1. The monoisotopic (exact) mass is 362 g/mol. The molecule has 126 valence electrons. The molecule has 2 aromatic carbocycles. The topological polar surface area (TPSA) is 50.7 Å². The molecule has 24 heavy (non-hydrogen) atoms. The van der Waals surface area contributed by atoms with Crippen molar-refractivity contribution in [2.45, 2.75) is 18.2 Å². The van der Waals surface area contributed by atoms with Gasteiger partial charge >= 0.3 is 0 Å². The number of rotatable bonds is 7. The van der Waals surface area contributed by atoms with Crippen LogP contribution in [0.1, 0.15) is 17.5 Å². The number of halogens is 1.